The van der Waals surface area contributed by atoms with Gasteiger partial charge in [0.15, 0.2) is 11.4 Å². The Hall–Kier alpha value is -3.24. The van der Waals surface area contributed by atoms with Crippen LogP contribution in [0.15, 0.2) is 24.3 Å². The molecule has 0 fully saturated rings. The van der Waals surface area contributed by atoms with Gasteiger partial charge >= 0.3 is 5.97 Å². The van der Waals surface area contributed by atoms with Crippen molar-refractivity contribution in [2.75, 3.05) is 5.32 Å². The van der Waals surface area contributed by atoms with Crippen LogP contribution >= 0.6 is 11.6 Å². The third kappa shape index (κ3) is 3.66. The molecule has 8 heteroatoms. The van der Waals surface area contributed by atoms with Gasteiger partial charge in [-0.3, -0.25) is 0 Å². The quantitative estimate of drug-likeness (QED) is 0.656. The maximum absolute atomic E-state index is 11.5. The predicted molar refractivity (Wildman–Crippen MR) is 102 cm³/mol. The van der Waals surface area contributed by atoms with E-state index < -0.39 is 5.97 Å². The molecule has 0 saturated heterocycles. The zero-order valence-electron chi connectivity index (χ0n) is 14.9. The van der Waals surface area contributed by atoms with Crippen LogP contribution in [-0.2, 0) is 0 Å². The first kappa shape index (κ1) is 18.5. The summed E-state index contributed by atoms with van der Waals surface area (Å²) in [7, 11) is 0. The molecule has 2 heterocycles. The lowest BCUT2D eigenvalue weighted by molar-refractivity contribution is 0.0691. The van der Waals surface area contributed by atoms with E-state index in [4.69, 9.17) is 11.6 Å². The summed E-state index contributed by atoms with van der Waals surface area (Å²) in [5.41, 5.74) is 4.12. The number of benzene rings is 1. The maximum Gasteiger partial charge on any atom is 0.356 e. The SMILES string of the molecule is Cc1cc([C@@H](C)Nc2ccc(Cl)nc2C(=O)O)c2nc(C)c(C#N)nc2c1. The number of pyridine rings is 1. The second-order valence-electron chi connectivity index (χ2n) is 6.19. The highest BCUT2D eigenvalue weighted by Crippen LogP contribution is 2.28. The molecule has 0 spiro atoms. The first-order valence-corrected chi connectivity index (χ1v) is 8.53. The van der Waals surface area contributed by atoms with E-state index >= 15 is 0 Å². The Morgan fingerprint density at radius 2 is 2.00 bits per heavy atom. The number of hydrogen-bond donors (Lipinski definition) is 2. The van der Waals surface area contributed by atoms with Crippen LogP contribution in [0.25, 0.3) is 11.0 Å². The number of nitrogens with one attached hydrogen (secondary N) is 1. The van der Waals surface area contributed by atoms with Gasteiger partial charge in [0.1, 0.15) is 11.2 Å². The van der Waals surface area contributed by atoms with Gasteiger partial charge in [-0.1, -0.05) is 17.7 Å². The zero-order valence-corrected chi connectivity index (χ0v) is 15.7. The van der Waals surface area contributed by atoms with Crippen molar-refractivity contribution in [1.82, 2.24) is 15.0 Å². The van der Waals surface area contributed by atoms with Crippen LogP contribution in [-0.4, -0.2) is 26.0 Å². The smallest absolute Gasteiger partial charge is 0.356 e. The fourth-order valence-corrected chi connectivity index (χ4v) is 3.03. The van der Waals surface area contributed by atoms with Crippen molar-refractivity contribution in [2.24, 2.45) is 0 Å². The highest BCUT2D eigenvalue weighted by Gasteiger charge is 2.18. The van der Waals surface area contributed by atoms with Crippen molar-refractivity contribution in [1.29, 1.82) is 5.26 Å². The van der Waals surface area contributed by atoms with Crippen molar-refractivity contribution in [3.05, 3.63) is 57.6 Å². The highest BCUT2D eigenvalue weighted by molar-refractivity contribution is 6.29. The summed E-state index contributed by atoms with van der Waals surface area (Å²) in [6.07, 6.45) is 0. The normalized spacial score (nSPS) is 11.8. The van der Waals surface area contributed by atoms with Gasteiger partial charge in [0.2, 0.25) is 0 Å². The van der Waals surface area contributed by atoms with Crippen molar-refractivity contribution >= 4 is 34.3 Å². The number of carboxylic acid groups (broad SMARTS) is 1. The van der Waals surface area contributed by atoms with Gasteiger partial charge in [-0.15, -0.1) is 0 Å². The summed E-state index contributed by atoms with van der Waals surface area (Å²) < 4.78 is 0. The second kappa shape index (κ2) is 7.17. The molecular weight excluding hydrogens is 366 g/mol. The van der Waals surface area contributed by atoms with Crippen molar-refractivity contribution in [3.8, 4) is 6.07 Å². The third-order valence-corrected chi connectivity index (χ3v) is 4.34. The van der Waals surface area contributed by atoms with Crippen LogP contribution in [0.2, 0.25) is 5.15 Å². The number of fused-ring (bicyclic) bond motifs is 1. The molecule has 0 unspecified atom stereocenters. The Morgan fingerprint density at radius 3 is 2.67 bits per heavy atom. The summed E-state index contributed by atoms with van der Waals surface area (Å²) in [6, 6.07) is 8.70. The summed E-state index contributed by atoms with van der Waals surface area (Å²) in [6.45, 7) is 5.55. The Morgan fingerprint density at radius 1 is 1.26 bits per heavy atom. The molecule has 0 aliphatic carbocycles. The fraction of sp³-hybridized carbons (Fsp3) is 0.211. The van der Waals surface area contributed by atoms with Gasteiger partial charge < -0.3 is 10.4 Å². The van der Waals surface area contributed by atoms with Crippen molar-refractivity contribution in [3.63, 3.8) is 0 Å². The standard InChI is InChI=1S/C19H16ClN5O2/c1-9-6-12(17-14(7-9)24-15(8-21)11(3)23-17)10(2)22-13-4-5-16(20)25-18(13)19(26)27/h4-7,10,22H,1-3H3,(H,26,27)/t10-/m1/s1. The molecule has 0 radical (unpaired) electrons. The number of aromatic carboxylic acids is 1. The molecule has 2 aromatic heterocycles. The first-order valence-electron chi connectivity index (χ1n) is 8.15. The minimum absolute atomic E-state index is 0.108. The third-order valence-electron chi connectivity index (χ3n) is 4.13. The number of nitrogens with zero attached hydrogens (tertiary/aromatic N) is 4. The number of rotatable bonds is 4. The molecule has 0 aliphatic heterocycles. The van der Waals surface area contributed by atoms with Crippen LogP contribution < -0.4 is 5.32 Å². The van der Waals surface area contributed by atoms with E-state index in [2.05, 4.69) is 20.3 Å². The van der Waals surface area contributed by atoms with E-state index in [1.165, 1.54) is 6.07 Å². The van der Waals surface area contributed by atoms with E-state index in [9.17, 15) is 15.2 Å². The topological polar surface area (TPSA) is 112 Å². The largest absolute Gasteiger partial charge is 0.476 e. The Bertz CT molecular complexity index is 1110. The van der Waals surface area contributed by atoms with Crippen LogP contribution in [0.3, 0.4) is 0 Å². The van der Waals surface area contributed by atoms with Gasteiger partial charge in [-0.05, 0) is 44.5 Å². The number of nitriles is 1. The Labute approximate surface area is 160 Å². The van der Waals surface area contributed by atoms with Gasteiger partial charge in [0.05, 0.1) is 28.5 Å². The summed E-state index contributed by atoms with van der Waals surface area (Å²) in [5.74, 6) is -1.17. The predicted octanol–water partition coefficient (Wildman–Crippen LogP) is 4.04. The molecule has 1 atom stereocenters. The average Bonchev–Trinajstić information content (AvgIpc) is 2.62. The van der Waals surface area contributed by atoms with Crippen LogP contribution in [0.1, 0.15) is 46.0 Å². The molecule has 136 valence electrons. The molecule has 0 aliphatic rings. The minimum Gasteiger partial charge on any atom is -0.476 e. The molecule has 2 N–H and O–H groups in total. The lowest BCUT2D eigenvalue weighted by atomic mass is 10.0. The lowest BCUT2D eigenvalue weighted by Crippen LogP contribution is -2.13. The van der Waals surface area contributed by atoms with Crippen molar-refractivity contribution < 1.29 is 9.90 Å². The number of aromatic nitrogens is 3. The van der Waals surface area contributed by atoms with E-state index in [1.807, 2.05) is 32.0 Å². The van der Waals surface area contributed by atoms with E-state index in [0.717, 1.165) is 11.1 Å². The van der Waals surface area contributed by atoms with E-state index in [0.29, 0.717) is 22.4 Å². The molecule has 0 saturated carbocycles. The van der Waals surface area contributed by atoms with Crippen molar-refractivity contribution in [2.45, 2.75) is 26.8 Å². The Balaban J connectivity index is 2.09. The lowest BCUT2D eigenvalue weighted by Gasteiger charge is -2.19. The molecular formula is C19H16ClN5O2. The maximum atomic E-state index is 11.5. The molecule has 0 bridgehead atoms. The average molecular weight is 382 g/mol. The van der Waals surface area contributed by atoms with Gasteiger partial charge in [0, 0.05) is 5.56 Å². The van der Waals surface area contributed by atoms with Gasteiger partial charge in [-0.25, -0.2) is 19.7 Å². The molecule has 3 rings (SSSR count). The summed E-state index contributed by atoms with van der Waals surface area (Å²) in [4.78, 5) is 24.3. The van der Waals surface area contributed by atoms with Crippen LogP contribution in [0, 0.1) is 25.2 Å². The number of carboxylic acids is 1. The zero-order chi connectivity index (χ0) is 19.7. The number of carbonyl (C=O) groups is 1. The minimum atomic E-state index is -1.17. The molecule has 27 heavy (non-hydrogen) atoms. The van der Waals surface area contributed by atoms with Gasteiger partial charge in [-0.2, -0.15) is 5.26 Å². The number of anilines is 1. The van der Waals surface area contributed by atoms with Gasteiger partial charge in [0.25, 0.3) is 0 Å². The summed E-state index contributed by atoms with van der Waals surface area (Å²) in [5, 5.41) is 21.8. The van der Waals surface area contributed by atoms with E-state index in [-0.39, 0.29) is 22.6 Å². The fourth-order valence-electron chi connectivity index (χ4n) is 2.88. The molecule has 7 nitrogen and oxygen atoms in total. The number of halogens is 1. The summed E-state index contributed by atoms with van der Waals surface area (Å²) >= 11 is 5.81. The first-order chi connectivity index (χ1) is 12.8. The molecule has 0 amide bonds. The molecule has 1 aromatic carbocycles. The molecule has 3 aromatic rings. The second-order valence-corrected chi connectivity index (χ2v) is 6.58. The van der Waals surface area contributed by atoms with Crippen LogP contribution in [0.5, 0.6) is 0 Å². The Kier molecular flexibility index (Phi) is 4.93. The van der Waals surface area contributed by atoms with E-state index in [1.54, 1.807) is 13.0 Å². The number of aryl methyl sites for hydroxylation is 2. The highest BCUT2D eigenvalue weighted by atomic mass is 35.5. The monoisotopic (exact) mass is 381 g/mol. The number of hydrogen-bond acceptors (Lipinski definition) is 6. The van der Waals surface area contributed by atoms with Crippen LogP contribution in [0.4, 0.5) is 5.69 Å².